The van der Waals surface area contributed by atoms with E-state index in [0.29, 0.717) is 5.56 Å². The van der Waals surface area contributed by atoms with E-state index >= 15 is 0 Å². The van der Waals surface area contributed by atoms with E-state index < -0.39 is 0 Å². The van der Waals surface area contributed by atoms with Crippen molar-refractivity contribution in [1.29, 1.82) is 0 Å². The molecule has 3 N–H and O–H groups in total. The monoisotopic (exact) mass is 263 g/mol. The summed E-state index contributed by atoms with van der Waals surface area (Å²) < 4.78 is 0. The van der Waals surface area contributed by atoms with Crippen LogP contribution in [0.25, 0.3) is 11.1 Å². The standard InChI is InChI=1S/C13H10ClNO3/c14-11-5-8(3-4-12(11)16)9-1-2-10(7-15-18)13(17)6-9/h1-7,16-18H/b15-7+. The van der Waals surface area contributed by atoms with E-state index in [-0.39, 0.29) is 16.5 Å². The van der Waals surface area contributed by atoms with Crippen molar-refractivity contribution >= 4 is 17.8 Å². The van der Waals surface area contributed by atoms with Gasteiger partial charge >= 0.3 is 0 Å². The number of nitrogens with zero attached hydrogens (tertiary/aromatic N) is 1. The molecule has 0 heterocycles. The second-order valence-corrected chi connectivity index (χ2v) is 4.09. The first kappa shape index (κ1) is 12.3. The lowest BCUT2D eigenvalue weighted by atomic mass is 10.0. The molecule has 0 fully saturated rings. The normalized spacial score (nSPS) is 10.9. The molecule has 2 rings (SSSR count). The van der Waals surface area contributed by atoms with Gasteiger partial charge in [0.05, 0.1) is 11.2 Å². The molecule has 0 saturated heterocycles. The summed E-state index contributed by atoms with van der Waals surface area (Å²) in [5, 5.41) is 30.6. The van der Waals surface area contributed by atoms with Crippen LogP contribution >= 0.6 is 11.6 Å². The summed E-state index contributed by atoms with van der Waals surface area (Å²) in [6, 6.07) is 9.67. The predicted molar refractivity (Wildman–Crippen MR) is 69.6 cm³/mol. The van der Waals surface area contributed by atoms with Crippen molar-refractivity contribution in [2.45, 2.75) is 0 Å². The molecule has 92 valence electrons. The number of hydrogen-bond acceptors (Lipinski definition) is 4. The van der Waals surface area contributed by atoms with Crippen molar-refractivity contribution in [3.8, 4) is 22.6 Å². The molecule has 0 radical (unpaired) electrons. The molecule has 0 aromatic heterocycles. The van der Waals surface area contributed by atoms with E-state index in [9.17, 15) is 10.2 Å². The van der Waals surface area contributed by atoms with Crippen molar-refractivity contribution in [3.63, 3.8) is 0 Å². The van der Waals surface area contributed by atoms with Crippen LogP contribution in [-0.2, 0) is 0 Å². The number of aromatic hydroxyl groups is 2. The van der Waals surface area contributed by atoms with Gasteiger partial charge < -0.3 is 15.4 Å². The van der Waals surface area contributed by atoms with Crippen LogP contribution < -0.4 is 0 Å². The zero-order valence-electron chi connectivity index (χ0n) is 9.21. The lowest BCUT2D eigenvalue weighted by Crippen LogP contribution is -1.85. The molecule has 0 atom stereocenters. The highest BCUT2D eigenvalue weighted by molar-refractivity contribution is 6.32. The summed E-state index contributed by atoms with van der Waals surface area (Å²) in [7, 11) is 0. The maximum absolute atomic E-state index is 9.72. The van der Waals surface area contributed by atoms with Gasteiger partial charge in [-0.2, -0.15) is 0 Å². The number of phenolic OH excluding ortho intramolecular Hbond substituents is 2. The Bertz CT molecular complexity index is 611. The van der Waals surface area contributed by atoms with Gasteiger partial charge in [0, 0.05) is 5.56 Å². The molecule has 2 aromatic carbocycles. The fourth-order valence-electron chi connectivity index (χ4n) is 1.58. The molecule has 0 bridgehead atoms. The van der Waals surface area contributed by atoms with Crippen molar-refractivity contribution in [2.24, 2.45) is 5.16 Å². The first-order valence-electron chi connectivity index (χ1n) is 5.11. The van der Waals surface area contributed by atoms with Crippen LogP contribution in [0, 0.1) is 0 Å². The molecule has 4 nitrogen and oxygen atoms in total. The molecule has 5 heteroatoms. The topological polar surface area (TPSA) is 73.1 Å². The minimum Gasteiger partial charge on any atom is -0.507 e. The van der Waals surface area contributed by atoms with Crippen LogP contribution in [0.3, 0.4) is 0 Å². The third-order valence-corrected chi connectivity index (χ3v) is 2.81. The Morgan fingerprint density at radius 3 is 2.22 bits per heavy atom. The first-order valence-corrected chi connectivity index (χ1v) is 5.49. The van der Waals surface area contributed by atoms with E-state index in [2.05, 4.69) is 5.16 Å². The van der Waals surface area contributed by atoms with Crippen LogP contribution in [0.15, 0.2) is 41.6 Å². The van der Waals surface area contributed by atoms with E-state index in [4.69, 9.17) is 16.8 Å². The number of rotatable bonds is 2. The lowest BCUT2D eigenvalue weighted by molar-refractivity contribution is 0.321. The fourth-order valence-corrected chi connectivity index (χ4v) is 1.76. The third kappa shape index (κ3) is 2.38. The van der Waals surface area contributed by atoms with E-state index in [1.807, 2.05) is 0 Å². The van der Waals surface area contributed by atoms with Gasteiger partial charge in [0.2, 0.25) is 0 Å². The van der Waals surface area contributed by atoms with E-state index in [1.54, 1.807) is 24.3 Å². The van der Waals surface area contributed by atoms with Gasteiger partial charge in [0.15, 0.2) is 0 Å². The Morgan fingerprint density at radius 2 is 1.61 bits per heavy atom. The summed E-state index contributed by atoms with van der Waals surface area (Å²) in [5.74, 6) is 0.00294. The molecule has 2 aromatic rings. The Hall–Kier alpha value is -2.20. The number of oxime groups is 1. The zero-order chi connectivity index (χ0) is 13.1. The average molecular weight is 264 g/mol. The van der Waals surface area contributed by atoms with Gasteiger partial charge in [-0.25, -0.2) is 0 Å². The molecule has 0 aliphatic carbocycles. The minimum atomic E-state index is -0.00509. The highest BCUT2D eigenvalue weighted by atomic mass is 35.5. The number of benzene rings is 2. The fraction of sp³-hybridized carbons (Fsp3) is 0. The van der Waals surface area contributed by atoms with Crippen LogP contribution in [0.1, 0.15) is 5.56 Å². The second-order valence-electron chi connectivity index (χ2n) is 3.68. The highest BCUT2D eigenvalue weighted by Crippen LogP contribution is 2.31. The zero-order valence-corrected chi connectivity index (χ0v) is 9.96. The molecule has 18 heavy (non-hydrogen) atoms. The van der Waals surface area contributed by atoms with Gasteiger partial charge in [0.25, 0.3) is 0 Å². The van der Waals surface area contributed by atoms with Gasteiger partial charge in [0.1, 0.15) is 11.5 Å². The van der Waals surface area contributed by atoms with Crippen molar-refractivity contribution in [1.82, 2.24) is 0 Å². The van der Waals surface area contributed by atoms with Gasteiger partial charge in [-0.15, -0.1) is 0 Å². The predicted octanol–water partition coefficient (Wildman–Crippen LogP) is 3.23. The summed E-state index contributed by atoms with van der Waals surface area (Å²) in [5.41, 5.74) is 1.91. The molecule has 0 unspecified atom stereocenters. The van der Waals surface area contributed by atoms with Crippen molar-refractivity contribution < 1.29 is 15.4 Å². The summed E-state index contributed by atoms with van der Waals surface area (Å²) in [6.07, 6.45) is 1.14. The average Bonchev–Trinajstić information content (AvgIpc) is 2.35. The van der Waals surface area contributed by atoms with Gasteiger partial charge in [-0.3, -0.25) is 0 Å². The van der Waals surface area contributed by atoms with Crippen molar-refractivity contribution in [2.75, 3.05) is 0 Å². The Morgan fingerprint density at radius 1 is 0.944 bits per heavy atom. The Balaban J connectivity index is 2.45. The first-order chi connectivity index (χ1) is 8.61. The molecule has 0 saturated carbocycles. The van der Waals surface area contributed by atoms with Crippen LogP contribution in [0.2, 0.25) is 5.02 Å². The SMILES string of the molecule is O/N=C/c1ccc(-c2ccc(O)c(Cl)c2)cc1O. The molecule has 0 spiro atoms. The Labute approximate surface area is 108 Å². The quantitative estimate of drug-likeness (QED) is 0.442. The highest BCUT2D eigenvalue weighted by Gasteiger charge is 2.05. The summed E-state index contributed by atoms with van der Waals surface area (Å²) in [6.45, 7) is 0. The number of phenols is 2. The molecule has 0 aliphatic rings. The van der Waals surface area contributed by atoms with Crippen molar-refractivity contribution in [3.05, 3.63) is 47.0 Å². The van der Waals surface area contributed by atoms with Crippen LogP contribution in [-0.4, -0.2) is 21.6 Å². The van der Waals surface area contributed by atoms with E-state index in [1.165, 1.54) is 12.1 Å². The molecular formula is C13H10ClNO3. The molecular weight excluding hydrogens is 254 g/mol. The molecule has 0 aliphatic heterocycles. The maximum atomic E-state index is 9.72. The van der Waals surface area contributed by atoms with Gasteiger partial charge in [-0.05, 0) is 35.4 Å². The van der Waals surface area contributed by atoms with Crippen LogP contribution in [0.4, 0.5) is 0 Å². The minimum absolute atomic E-state index is 0.00509. The smallest absolute Gasteiger partial charge is 0.134 e. The summed E-state index contributed by atoms with van der Waals surface area (Å²) in [4.78, 5) is 0. The molecule has 0 amide bonds. The second kappa shape index (κ2) is 4.98. The van der Waals surface area contributed by atoms with Gasteiger partial charge in [-0.1, -0.05) is 28.9 Å². The summed E-state index contributed by atoms with van der Waals surface area (Å²) >= 11 is 5.82. The third-order valence-electron chi connectivity index (χ3n) is 2.51. The van der Waals surface area contributed by atoms with Crippen LogP contribution in [0.5, 0.6) is 11.5 Å². The van der Waals surface area contributed by atoms with E-state index in [0.717, 1.165) is 17.3 Å². The largest absolute Gasteiger partial charge is 0.507 e. The Kier molecular flexibility index (Phi) is 3.39. The number of halogens is 1. The number of hydrogen-bond donors (Lipinski definition) is 3. The lowest BCUT2D eigenvalue weighted by Gasteiger charge is -2.06. The maximum Gasteiger partial charge on any atom is 0.134 e.